The van der Waals surface area contributed by atoms with Crippen LogP contribution in [0.15, 0.2) is 41.0 Å². The number of amides is 1. The van der Waals surface area contributed by atoms with Crippen LogP contribution in [0.5, 0.6) is 0 Å². The maximum atomic E-state index is 12.6. The second-order valence-corrected chi connectivity index (χ2v) is 6.39. The third-order valence-electron chi connectivity index (χ3n) is 4.41. The first-order valence-electron chi connectivity index (χ1n) is 8.32. The van der Waals surface area contributed by atoms with E-state index in [2.05, 4.69) is 10.2 Å². The molecular weight excluding hydrogens is 418 g/mol. The molecule has 2 heterocycles. The zero-order valence-corrected chi connectivity index (χ0v) is 16.5. The van der Waals surface area contributed by atoms with Gasteiger partial charge >= 0.3 is 6.18 Å². The minimum Gasteiger partial charge on any atom is -0.467 e. The fraction of sp³-hybridized carbons (Fsp3) is 0.389. The largest absolute Gasteiger partial charge is 0.467 e. The highest BCUT2D eigenvalue weighted by Gasteiger charge is 2.30. The number of nitrogens with one attached hydrogen (secondary N) is 1. The average Bonchev–Trinajstić information content (AvgIpc) is 3.24. The van der Waals surface area contributed by atoms with E-state index in [0.29, 0.717) is 24.4 Å². The molecule has 0 spiro atoms. The van der Waals surface area contributed by atoms with E-state index in [-0.39, 0.29) is 43.3 Å². The molecule has 5 nitrogen and oxygen atoms in total. The zero-order chi connectivity index (χ0) is 18.7. The highest BCUT2D eigenvalue weighted by Crippen LogP contribution is 2.29. The number of hydrogen-bond donors (Lipinski definition) is 2. The van der Waals surface area contributed by atoms with E-state index in [4.69, 9.17) is 10.2 Å². The summed E-state index contributed by atoms with van der Waals surface area (Å²) >= 11 is 0. The number of benzene rings is 1. The van der Waals surface area contributed by atoms with Gasteiger partial charge in [-0.1, -0.05) is 12.1 Å². The van der Waals surface area contributed by atoms with Crippen molar-refractivity contribution in [2.75, 3.05) is 13.1 Å². The molecule has 10 heteroatoms. The Balaban J connectivity index is 0.00000196. The van der Waals surface area contributed by atoms with Crippen molar-refractivity contribution < 1.29 is 22.4 Å². The number of hydrogen-bond acceptors (Lipinski definition) is 4. The molecule has 0 bridgehead atoms. The van der Waals surface area contributed by atoms with Crippen molar-refractivity contribution in [3.63, 3.8) is 0 Å². The predicted octanol–water partition coefficient (Wildman–Crippen LogP) is 3.61. The van der Waals surface area contributed by atoms with Gasteiger partial charge in [-0.05, 0) is 30.2 Å². The standard InChI is InChI=1S/C18H20F3N3O2.2ClH/c19-18(20,21)14-3-1-12(2-4-14)9-24-6-5-15(10-24)23-17(25)13-7-16(8-22)26-11-13;;/h1-4,7,11,15H,5-6,8-10,22H2,(H,23,25);2*1H. The Kier molecular flexibility index (Phi) is 8.81. The minimum absolute atomic E-state index is 0. The predicted molar refractivity (Wildman–Crippen MR) is 104 cm³/mol. The Hall–Kier alpha value is -1.74. The lowest BCUT2D eigenvalue weighted by atomic mass is 10.1. The number of halogens is 5. The van der Waals surface area contributed by atoms with Crippen molar-refractivity contribution in [3.8, 4) is 0 Å². The number of alkyl halides is 3. The van der Waals surface area contributed by atoms with Gasteiger partial charge in [0.2, 0.25) is 0 Å². The molecule has 1 aromatic heterocycles. The summed E-state index contributed by atoms with van der Waals surface area (Å²) in [5.74, 6) is 0.334. The maximum absolute atomic E-state index is 12.6. The summed E-state index contributed by atoms with van der Waals surface area (Å²) in [7, 11) is 0. The quantitative estimate of drug-likeness (QED) is 0.746. The van der Waals surface area contributed by atoms with Crippen LogP contribution in [-0.2, 0) is 19.3 Å². The topological polar surface area (TPSA) is 71.5 Å². The average molecular weight is 440 g/mol. The zero-order valence-electron chi connectivity index (χ0n) is 14.9. The van der Waals surface area contributed by atoms with Crippen LogP contribution < -0.4 is 11.1 Å². The summed E-state index contributed by atoms with van der Waals surface area (Å²) in [6.45, 7) is 2.20. The highest BCUT2D eigenvalue weighted by molar-refractivity contribution is 5.94. The highest BCUT2D eigenvalue weighted by atomic mass is 35.5. The van der Waals surface area contributed by atoms with Gasteiger partial charge in [-0.25, -0.2) is 0 Å². The molecule has 28 heavy (non-hydrogen) atoms. The van der Waals surface area contributed by atoms with Gasteiger partial charge in [0.15, 0.2) is 0 Å². The molecule has 3 N–H and O–H groups in total. The Morgan fingerprint density at radius 2 is 1.93 bits per heavy atom. The first-order chi connectivity index (χ1) is 12.3. The van der Waals surface area contributed by atoms with Crippen molar-refractivity contribution >= 4 is 30.7 Å². The summed E-state index contributed by atoms with van der Waals surface area (Å²) < 4.78 is 42.9. The Labute approximate surface area is 173 Å². The molecule has 1 aromatic carbocycles. The van der Waals surface area contributed by atoms with Crippen LogP contribution in [0.3, 0.4) is 0 Å². The van der Waals surface area contributed by atoms with Crippen LogP contribution in [0.1, 0.15) is 33.7 Å². The summed E-state index contributed by atoms with van der Waals surface area (Å²) in [5, 5.41) is 2.95. The molecule has 3 rings (SSSR count). The molecule has 0 radical (unpaired) electrons. The smallest absolute Gasteiger partial charge is 0.416 e. The molecule has 156 valence electrons. The van der Waals surface area contributed by atoms with Crippen LogP contribution in [0.25, 0.3) is 0 Å². The molecule has 1 saturated heterocycles. The molecule has 0 aliphatic carbocycles. The van der Waals surface area contributed by atoms with Gasteiger partial charge in [-0.15, -0.1) is 24.8 Å². The number of nitrogens with two attached hydrogens (primary N) is 1. The normalized spacial score (nSPS) is 16.9. The summed E-state index contributed by atoms with van der Waals surface area (Å²) in [5.41, 5.74) is 6.06. The number of rotatable bonds is 5. The lowest BCUT2D eigenvalue weighted by Crippen LogP contribution is -2.36. The Bertz CT molecular complexity index is 766. The van der Waals surface area contributed by atoms with Crippen LogP contribution in [0.2, 0.25) is 0 Å². The maximum Gasteiger partial charge on any atom is 0.416 e. The van der Waals surface area contributed by atoms with E-state index in [1.165, 1.54) is 18.4 Å². The first kappa shape index (κ1) is 24.3. The number of carbonyl (C=O) groups excluding carboxylic acids is 1. The van der Waals surface area contributed by atoms with Crippen molar-refractivity contribution in [2.45, 2.75) is 31.7 Å². The molecule has 1 atom stereocenters. The van der Waals surface area contributed by atoms with Crippen molar-refractivity contribution in [1.82, 2.24) is 10.2 Å². The van der Waals surface area contributed by atoms with Gasteiger partial charge in [0, 0.05) is 25.7 Å². The molecule has 1 unspecified atom stereocenters. The monoisotopic (exact) mass is 439 g/mol. The van der Waals surface area contributed by atoms with Crippen LogP contribution >= 0.6 is 24.8 Å². The van der Waals surface area contributed by atoms with Crippen molar-refractivity contribution in [1.29, 1.82) is 0 Å². The first-order valence-corrected chi connectivity index (χ1v) is 8.32. The van der Waals surface area contributed by atoms with Gasteiger partial charge in [0.05, 0.1) is 17.7 Å². The third-order valence-corrected chi connectivity index (χ3v) is 4.41. The fourth-order valence-electron chi connectivity index (χ4n) is 3.03. The van der Waals surface area contributed by atoms with E-state index >= 15 is 0 Å². The van der Waals surface area contributed by atoms with Crippen molar-refractivity contribution in [2.24, 2.45) is 5.73 Å². The Morgan fingerprint density at radius 1 is 1.25 bits per heavy atom. The molecule has 1 amide bonds. The molecule has 1 fully saturated rings. The number of furan rings is 1. The van der Waals surface area contributed by atoms with Gasteiger partial charge in [-0.3, -0.25) is 9.69 Å². The molecule has 2 aromatic rings. The van der Waals surface area contributed by atoms with Crippen LogP contribution in [0, 0.1) is 0 Å². The van der Waals surface area contributed by atoms with E-state index in [1.807, 2.05) is 0 Å². The van der Waals surface area contributed by atoms with Crippen LogP contribution in [0.4, 0.5) is 13.2 Å². The number of nitrogens with zero attached hydrogens (tertiary/aromatic N) is 1. The van der Waals surface area contributed by atoms with Gasteiger partial charge in [-0.2, -0.15) is 13.2 Å². The summed E-state index contributed by atoms with van der Waals surface area (Å²) in [6, 6.07) is 6.79. The Morgan fingerprint density at radius 3 is 2.50 bits per heavy atom. The van der Waals surface area contributed by atoms with Crippen molar-refractivity contribution in [3.05, 3.63) is 59.0 Å². The molecule has 0 saturated carbocycles. The summed E-state index contributed by atoms with van der Waals surface area (Å²) in [6.07, 6.45) is -2.15. The minimum atomic E-state index is -4.32. The van der Waals surface area contributed by atoms with E-state index in [0.717, 1.165) is 30.7 Å². The van der Waals surface area contributed by atoms with E-state index in [1.54, 1.807) is 6.07 Å². The van der Waals surface area contributed by atoms with E-state index in [9.17, 15) is 18.0 Å². The molecular formula is C18H22Cl2F3N3O2. The van der Waals surface area contributed by atoms with Crippen LogP contribution in [-0.4, -0.2) is 29.9 Å². The van der Waals surface area contributed by atoms with Gasteiger partial charge < -0.3 is 15.5 Å². The number of likely N-dealkylation sites (tertiary alicyclic amines) is 1. The SMILES string of the molecule is Cl.Cl.NCc1cc(C(=O)NC2CCN(Cc3ccc(C(F)(F)F)cc3)C2)co1. The molecule has 1 aliphatic heterocycles. The van der Waals surface area contributed by atoms with Gasteiger partial charge in [0.1, 0.15) is 12.0 Å². The number of carbonyl (C=O) groups is 1. The summed E-state index contributed by atoms with van der Waals surface area (Å²) in [4.78, 5) is 14.3. The lowest BCUT2D eigenvalue weighted by molar-refractivity contribution is -0.137. The lowest BCUT2D eigenvalue weighted by Gasteiger charge is -2.17. The van der Waals surface area contributed by atoms with Gasteiger partial charge in [0.25, 0.3) is 5.91 Å². The van der Waals surface area contributed by atoms with E-state index < -0.39 is 11.7 Å². The fourth-order valence-corrected chi connectivity index (χ4v) is 3.03. The second kappa shape index (κ2) is 10.2. The second-order valence-electron chi connectivity index (χ2n) is 6.39. The third kappa shape index (κ3) is 6.13. The molecule has 1 aliphatic rings.